The molecule has 0 saturated carbocycles. The highest BCUT2D eigenvalue weighted by Crippen LogP contribution is 2.07. The molecule has 0 bridgehead atoms. The average Bonchev–Trinajstić information content (AvgIpc) is 2.39. The second-order valence-electron chi connectivity index (χ2n) is 3.81. The molecule has 17 heavy (non-hydrogen) atoms. The van der Waals surface area contributed by atoms with Gasteiger partial charge in [0.2, 0.25) is 0 Å². The van der Waals surface area contributed by atoms with Gasteiger partial charge in [-0.05, 0) is 18.1 Å². The van der Waals surface area contributed by atoms with E-state index in [1.165, 1.54) is 0 Å². The molecule has 2 heteroatoms. The molecule has 90 valence electrons. The minimum Gasteiger partial charge on any atom is -0.490 e. The van der Waals surface area contributed by atoms with Gasteiger partial charge >= 0.3 is 0 Å². The minimum absolute atomic E-state index is 0.0490. The standard InChI is InChI=1S/C15H18O2/c1-3-14(11-16)10-9-13(2)17-12-15-7-5-4-6-8-15/h4-11,14H,2-3,12H2,1H3/b10-9-. The Morgan fingerprint density at radius 1 is 1.41 bits per heavy atom. The molecule has 2 nitrogen and oxygen atoms in total. The zero-order valence-corrected chi connectivity index (χ0v) is 10.1. The highest BCUT2D eigenvalue weighted by molar-refractivity contribution is 5.56. The van der Waals surface area contributed by atoms with E-state index in [-0.39, 0.29) is 5.92 Å². The summed E-state index contributed by atoms with van der Waals surface area (Å²) in [5.74, 6) is 0.529. The van der Waals surface area contributed by atoms with E-state index in [9.17, 15) is 4.79 Å². The number of benzene rings is 1. The summed E-state index contributed by atoms with van der Waals surface area (Å²) in [5, 5.41) is 0. The molecule has 0 radical (unpaired) electrons. The van der Waals surface area contributed by atoms with E-state index < -0.39 is 0 Å². The number of hydrogen-bond donors (Lipinski definition) is 0. The van der Waals surface area contributed by atoms with Crippen LogP contribution in [0.2, 0.25) is 0 Å². The summed E-state index contributed by atoms with van der Waals surface area (Å²) < 4.78 is 5.47. The van der Waals surface area contributed by atoms with Gasteiger partial charge in [0.05, 0.1) is 0 Å². The maximum atomic E-state index is 10.6. The number of aldehydes is 1. The summed E-state index contributed by atoms with van der Waals surface area (Å²) in [6, 6.07) is 9.90. The van der Waals surface area contributed by atoms with E-state index in [4.69, 9.17) is 4.74 Å². The molecule has 1 rings (SSSR count). The van der Waals surface area contributed by atoms with Crippen molar-refractivity contribution in [3.63, 3.8) is 0 Å². The van der Waals surface area contributed by atoms with E-state index in [1.54, 1.807) is 6.08 Å². The lowest BCUT2D eigenvalue weighted by atomic mass is 10.1. The smallest absolute Gasteiger partial charge is 0.126 e. The first-order valence-electron chi connectivity index (χ1n) is 5.75. The Bertz CT molecular complexity index is 379. The fourth-order valence-electron chi connectivity index (χ4n) is 1.31. The SMILES string of the molecule is C=C(/C=C\C(C=O)CC)OCc1ccccc1. The number of carbonyl (C=O) groups is 1. The molecule has 0 amide bonds. The van der Waals surface area contributed by atoms with Gasteiger partial charge < -0.3 is 9.53 Å². The van der Waals surface area contributed by atoms with Crippen LogP contribution in [-0.4, -0.2) is 6.29 Å². The van der Waals surface area contributed by atoms with E-state index in [1.807, 2.05) is 43.3 Å². The van der Waals surface area contributed by atoms with Crippen molar-refractivity contribution in [2.45, 2.75) is 20.0 Å². The number of hydrogen-bond acceptors (Lipinski definition) is 2. The zero-order valence-electron chi connectivity index (χ0n) is 10.1. The molecule has 1 aromatic rings. The molecule has 1 unspecified atom stereocenters. The molecule has 0 aromatic heterocycles. The van der Waals surface area contributed by atoms with Gasteiger partial charge in [-0.25, -0.2) is 0 Å². The average molecular weight is 230 g/mol. The molecule has 0 spiro atoms. The lowest BCUT2D eigenvalue weighted by Crippen LogP contribution is -1.96. The number of ether oxygens (including phenoxy) is 1. The van der Waals surface area contributed by atoms with Crippen molar-refractivity contribution in [3.8, 4) is 0 Å². The van der Waals surface area contributed by atoms with Gasteiger partial charge in [0.1, 0.15) is 18.7 Å². The third-order valence-electron chi connectivity index (χ3n) is 2.44. The maximum Gasteiger partial charge on any atom is 0.126 e. The van der Waals surface area contributed by atoms with E-state index in [0.29, 0.717) is 12.4 Å². The van der Waals surface area contributed by atoms with Crippen LogP contribution in [0.3, 0.4) is 0 Å². The van der Waals surface area contributed by atoms with Gasteiger partial charge in [-0.15, -0.1) is 0 Å². The summed E-state index contributed by atoms with van der Waals surface area (Å²) in [6.07, 6.45) is 5.30. The molecule has 0 heterocycles. The van der Waals surface area contributed by atoms with Crippen molar-refractivity contribution in [1.29, 1.82) is 0 Å². The number of carbonyl (C=O) groups excluding carboxylic acids is 1. The monoisotopic (exact) mass is 230 g/mol. The van der Waals surface area contributed by atoms with Gasteiger partial charge in [0.25, 0.3) is 0 Å². The summed E-state index contributed by atoms with van der Waals surface area (Å²) in [6.45, 7) is 6.26. The summed E-state index contributed by atoms with van der Waals surface area (Å²) in [5.41, 5.74) is 1.10. The van der Waals surface area contributed by atoms with Crippen molar-refractivity contribution < 1.29 is 9.53 Å². The Morgan fingerprint density at radius 2 is 2.12 bits per heavy atom. The minimum atomic E-state index is -0.0490. The molecular formula is C15H18O2. The molecule has 0 aliphatic rings. The molecule has 0 aliphatic carbocycles. The van der Waals surface area contributed by atoms with Gasteiger partial charge in [0, 0.05) is 5.92 Å². The number of allylic oxidation sites excluding steroid dienone is 2. The van der Waals surface area contributed by atoms with E-state index >= 15 is 0 Å². The molecular weight excluding hydrogens is 212 g/mol. The number of rotatable bonds is 7. The van der Waals surface area contributed by atoms with Gasteiger partial charge in [-0.2, -0.15) is 0 Å². The second-order valence-corrected chi connectivity index (χ2v) is 3.81. The van der Waals surface area contributed by atoms with Crippen LogP contribution in [0.1, 0.15) is 18.9 Å². The van der Waals surface area contributed by atoms with Crippen LogP contribution in [0.5, 0.6) is 0 Å². The molecule has 1 atom stereocenters. The predicted molar refractivity (Wildman–Crippen MR) is 69.4 cm³/mol. The molecule has 0 fully saturated rings. The maximum absolute atomic E-state index is 10.6. The normalized spacial score (nSPS) is 12.3. The van der Waals surface area contributed by atoms with Crippen LogP contribution in [0.15, 0.2) is 54.8 Å². The zero-order chi connectivity index (χ0) is 12.5. The molecule has 0 saturated heterocycles. The van der Waals surface area contributed by atoms with Crippen LogP contribution in [0, 0.1) is 5.92 Å². The van der Waals surface area contributed by atoms with Gasteiger partial charge in [-0.1, -0.05) is 49.9 Å². The molecule has 0 aliphatic heterocycles. The molecule has 0 N–H and O–H groups in total. The first-order valence-corrected chi connectivity index (χ1v) is 5.75. The van der Waals surface area contributed by atoms with Crippen molar-refractivity contribution >= 4 is 6.29 Å². The quantitative estimate of drug-likeness (QED) is 0.407. The summed E-state index contributed by atoms with van der Waals surface area (Å²) in [4.78, 5) is 10.6. The van der Waals surface area contributed by atoms with E-state index in [2.05, 4.69) is 6.58 Å². The lowest BCUT2D eigenvalue weighted by molar-refractivity contribution is -0.109. The third-order valence-corrected chi connectivity index (χ3v) is 2.44. The fraction of sp³-hybridized carbons (Fsp3) is 0.267. The van der Waals surface area contributed by atoms with Crippen LogP contribution in [0.4, 0.5) is 0 Å². The van der Waals surface area contributed by atoms with Crippen LogP contribution in [0.25, 0.3) is 0 Å². The van der Waals surface area contributed by atoms with E-state index in [0.717, 1.165) is 18.3 Å². The molecule has 1 aromatic carbocycles. The topological polar surface area (TPSA) is 26.3 Å². The predicted octanol–water partition coefficient (Wildman–Crippen LogP) is 3.50. The Labute approximate surface area is 103 Å². The van der Waals surface area contributed by atoms with Crippen molar-refractivity contribution in [3.05, 3.63) is 60.4 Å². The highest BCUT2D eigenvalue weighted by Gasteiger charge is 1.98. The second kappa shape index (κ2) is 7.44. The Balaban J connectivity index is 2.38. The highest BCUT2D eigenvalue weighted by atomic mass is 16.5. The van der Waals surface area contributed by atoms with Crippen molar-refractivity contribution in [2.24, 2.45) is 5.92 Å². The van der Waals surface area contributed by atoms with Crippen LogP contribution in [-0.2, 0) is 16.1 Å². The lowest BCUT2D eigenvalue weighted by Gasteiger charge is -2.06. The van der Waals surface area contributed by atoms with Gasteiger partial charge in [-0.3, -0.25) is 0 Å². The van der Waals surface area contributed by atoms with Crippen molar-refractivity contribution in [1.82, 2.24) is 0 Å². The first-order chi connectivity index (χ1) is 8.26. The van der Waals surface area contributed by atoms with Crippen LogP contribution < -0.4 is 0 Å². The van der Waals surface area contributed by atoms with Crippen molar-refractivity contribution in [2.75, 3.05) is 0 Å². The third kappa shape index (κ3) is 5.16. The fourth-order valence-corrected chi connectivity index (χ4v) is 1.31. The van der Waals surface area contributed by atoms with Crippen LogP contribution >= 0.6 is 0 Å². The Kier molecular flexibility index (Phi) is 5.80. The first kappa shape index (κ1) is 13.2. The summed E-state index contributed by atoms with van der Waals surface area (Å²) >= 11 is 0. The Hall–Kier alpha value is -1.83. The van der Waals surface area contributed by atoms with Gasteiger partial charge in [0.15, 0.2) is 0 Å². The summed E-state index contributed by atoms with van der Waals surface area (Å²) in [7, 11) is 0. The Morgan fingerprint density at radius 3 is 2.71 bits per heavy atom. The largest absolute Gasteiger partial charge is 0.490 e.